The van der Waals surface area contributed by atoms with E-state index in [1.807, 2.05) is 0 Å². The minimum absolute atomic E-state index is 0.212. The average molecular weight is 289 g/mol. The highest BCUT2D eigenvalue weighted by Gasteiger charge is 2.52. The third-order valence-corrected chi connectivity index (χ3v) is 6.79. The molecule has 1 N–H and O–H groups in total. The van der Waals surface area contributed by atoms with Gasteiger partial charge in [0.25, 0.3) is 10.0 Å². The van der Waals surface area contributed by atoms with Crippen molar-refractivity contribution in [2.75, 3.05) is 6.54 Å². The number of carbonyl (C=O) groups is 1. The van der Waals surface area contributed by atoms with Gasteiger partial charge >= 0.3 is 5.97 Å². The first-order chi connectivity index (χ1) is 8.45. The van der Waals surface area contributed by atoms with Gasteiger partial charge in [0, 0.05) is 6.54 Å². The topological polar surface area (TPSA) is 74.7 Å². The van der Waals surface area contributed by atoms with Gasteiger partial charge in [-0.1, -0.05) is 13.0 Å². The first kappa shape index (κ1) is 13.5. The Balaban J connectivity index is 2.47. The van der Waals surface area contributed by atoms with Crippen LogP contribution < -0.4 is 0 Å². The van der Waals surface area contributed by atoms with Gasteiger partial charge in [0.1, 0.15) is 9.75 Å². The lowest BCUT2D eigenvalue weighted by molar-refractivity contribution is -0.147. The number of aliphatic carboxylic acids is 1. The quantitative estimate of drug-likeness (QED) is 0.916. The van der Waals surface area contributed by atoms with Crippen LogP contribution in [-0.2, 0) is 14.8 Å². The summed E-state index contributed by atoms with van der Waals surface area (Å²) in [7, 11) is -3.69. The molecule has 1 aliphatic heterocycles. The summed E-state index contributed by atoms with van der Waals surface area (Å²) in [4.78, 5) is 11.5. The Hall–Kier alpha value is -0.920. The van der Waals surface area contributed by atoms with E-state index in [1.165, 1.54) is 6.07 Å². The normalized spacial score (nSPS) is 25.4. The van der Waals surface area contributed by atoms with Gasteiger partial charge in [0.2, 0.25) is 0 Å². The number of carboxylic acids is 1. The molecule has 100 valence electrons. The third kappa shape index (κ3) is 1.86. The zero-order chi connectivity index (χ0) is 13.4. The molecule has 1 aromatic rings. The maximum absolute atomic E-state index is 12.4. The SMILES string of the molecule is CCC1(C(=O)O)CCCN1S(=O)(=O)c1cccs1. The maximum Gasteiger partial charge on any atom is 0.325 e. The molecule has 0 spiro atoms. The Kier molecular flexibility index (Phi) is 3.48. The largest absolute Gasteiger partial charge is 0.480 e. The average Bonchev–Trinajstić information content (AvgIpc) is 2.99. The van der Waals surface area contributed by atoms with Crippen LogP contribution in [0.25, 0.3) is 0 Å². The number of thiophene rings is 1. The number of sulfonamides is 1. The number of rotatable bonds is 4. The summed E-state index contributed by atoms with van der Waals surface area (Å²) in [6.07, 6.45) is 1.25. The van der Waals surface area contributed by atoms with E-state index in [9.17, 15) is 18.3 Å². The molecule has 2 rings (SSSR count). The summed E-state index contributed by atoms with van der Waals surface area (Å²) in [6.45, 7) is 2.00. The molecule has 7 heteroatoms. The second-order valence-corrected chi connectivity index (χ2v) is 7.34. The van der Waals surface area contributed by atoms with E-state index in [4.69, 9.17) is 0 Å². The maximum atomic E-state index is 12.4. The number of hydrogen-bond donors (Lipinski definition) is 1. The van der Waals surface area contributed by atoms with Gasteiger partial charge in [-0.3, -0.25) is 4.79 Å². The van der Waals surface area contributed by atoms with E-state index in [2.05, 4.69) is 0 Å². The number of hydrogen-bond acceptors (Lipinski definition) is 4. The van der Waals surface area contributed by atoms with E-state index >= 15 is 0 Å². The van der Waals surface area contributed by atoms with Gasteiger partial charge in [-0.2, -0.15) is 4.31 Å². The van der Waals surface area contributed by atoms with E-state index in [1.54, 1.807) is 18.4 Å². The van der Waals surface area contributed by atoms with Crippen LogP contribution in [0, 0.1) is 0 Å². The Bertz CT molecular complexity index is 537. The standard InChI is InChI=1S/C11H15NO4S2/c1-2-11(10(13)14)6-4-7-12(11)18(15,16)9-5-3-8-17-9/h3,5,8H,2,4,6-7H2,1H3,(H,13,14). The molecule has 5 nitrogen and oxygen atoms in total. The highest BCUT2D eigenvalue weighted by atomic mass is 32.2. The Morgan fingerprint density at radius 2 is 2.33 bits per heavy atom. The van der Waals surface area contributed by atoms with Crippen molar-refractivity contribution in [3.63, 3.8) is 0 Å². The van der Waals surface area contributed by atoms with Crippen molar-refractivity contribution in [2.24, 2.45) is 0 Å². The molecule has 0 saturated carbocycles. The minimum Gasteiger partial charge on any atom is -0.480 e. The zero-order valence-electron chi connectivity index (χ0n) is 10.00. The van der Waals surface area contributed by atoms with Crippen molar-refractivity contribution in [2.45, 2.75) is 35.9 Å². The zero-order valence-corrected chi connectivity index (χ0v) is 11.6. The second kappa shape index (κ2) is 4.64. The van der Waals surface area contributed by atoms with Crippen LogP contribution in [0.15, 0.2) is 21.7 Å². The van der Waals surface area contributed by atoms with Crippen LogP contribution in [0.2, 0.25) is 0 Å². The van der Waals surface area contributed by atoms with Crippen LogP contribution in [0.3, 0.4) is 0 Å². The Labute approximate surface area is 110 Å². The smallest absolute Gasteiger partial charge is 0.325 e. The monoisotopic (exact) mass is 289 g/mol. The van der Waals surface area contributed by atoms with Crippen molar-refractivity contribution in [3.05, 3.63) is 17.5 Å². The van der Waals surface area contributed by atoms with Gasteiger partial charge in [-0.25, -0.2) is 8.42 Å². The summed E-state index contributed by atoms with van der Waals surface area (Å²) in [5.74, 6) is -1.05. The molecule has 1 unspecified atom stereocenters. The molecule has 18 heavy (non-hydrogen) atoms. The van der Waals surface area contributed by atoms with E-state index in [-0.39, 0.29) is 17.2 Å². The molecule has 1 fully saturated rings. The first-order valence-electron chi connectivity index (χ1n) is 5.75. The molecule has 0 amide bonds. The lowest BCUT2D eigenvalue weighted by atomic mass is 9.95. The van der Waals surface area contributed by atoms with E-state index < -0.39 is 21.5 Å². The summed E-state index contributed by atoms with van der Waals surface area (Å²) in [5, 5.41) is 11.1. The fourth-order valence-electron chi connectivity index (χ4n) is 2.44. The number of nitrogens with zero attached hydrogens (tertiary/aromatic N) is 1. The lowest BCUT2D eigenvalue weighted by Gasteiger charge is -2.32. The minimum atomic E-state index is -3.69. The Morgan fingerprint density at radius 1 is 1.61 bits per heavy atom. The van der Waals surface area contributed by atoms with Gasteiger partial charge in [0.05, 0.1) is 0 Å². The highest BCUT2D eigenvalue weighted by Crippen LogP contribution is 2.38. The van der Waals surface area contributed by atoms with Gasteiger partial charge < -0.3 is 5.11 Å². The van der Waals surface area contributed by atoms with E-state index in [0.29, 0.717) is 12.8 Å². The van der Waals surface area contributed by atoms with E-state index in [0.717, 1.165) is 15.6 Å². The number of carboxylic acid groups (broad SMARTS) is 1. The summed E-state index contributed by atoms with van der Waals surface area (Å²) in [6, 6.07) is 3.17. The summed E-state index contributed by atoms with van der Waals surface area (Å²) in [5.41, 5.74) is -1.27. The van der Waals surface area contributed by atoms with Crippen LogP contribution in [0.4, 0.5) is 0 Å². The Morgan fingerprint density at radius 3 is 2.83 bits per heavy atom. The molecule has 0 aromatic carbocycles. The third-order valence-electron chi connectivity index (χ3n) is 3.45. The van der Waals surface area contributed by atoms with Gasteiger partial charge in [-0.15, -0.1) is 11.3 Å². The van der Waals surface area contributed by atoms with Crippen LogP contribution >= 0.6 is 11.3 Å². The molecule has 1 atom stereocenters. The van der Waals surface area contributed by atoms with Crippen molar-refractivity contribution >= 4 is 27.3 Å². The predicted octanol–water partition coefficient (Wildman–Crippen LogP) is 1.77. The van der Waals surface area contributed by atoms with Crippen LogP contribution in [-0.4, -0.2) is 35.9 Å². The van der Waals surface area contributed by atoms with Crippen molar-refractivity contribution in [3.8, 4) is 0 Å². The van der Waals surface area contributed by atoms with Crippen LogP contribution in [0.1, 0.15) is 26.2 Å². The molecular formula is C11H15NO4S2. The fourth-order valence-corrected chi connectivity index (χ4v) is 5.41. The van der Waals surface area contributed by atoms with Crippen molar-refractivity contribution in [1.29, 1.82) is 0 Å². The molecular weight excluding hydrogens is 274 g/mol. The highest BCUT2D eigenvalue weighted by molar-refractivity contribution is 7.91. The van der Waals surface area contributed by atoms with Gasteiger partial charge in [-0.05, 0) is 30.7 Å². The lowest BCUT2D eigenvalue weighted by Crippen LogP contribution is -2.52. The molecule has 1 aliphatic rings. The van der Waals surface area contributed by atoms with Crippen molar-refractivity contribution < 1.29 is 18.3 Å². The summed E-state index contributed by atoms with van der Waals surface area (Å²) >= 11 is 1.12. The van der Waals surface area contributed by atoms with Gasteiger partial charge in [0.15, 0.2) is 0 Å². The molecule has 1 aromatic heterocycles. The molecule has 0 bridgehead atoms. The molecule has 2 heterocycles. The first-order valence-corrected chi connectivity index (χ1v) is 8.07. The molecule has 0 aliphatic carbocycles. The van der Waals surface area contributed by atoms with Crippen LogP contribution in [0.5, 0.6) is 0 Å². The predicted molar refractivity (Wildman–Crippen MR) is 68.1 cm³/mol. The molecule has 0 radical (unpaired) electrons. The summed E-state index contributed by atoms with van der Waals surface area (Å²) < 4.78 is 26.3. The fraction of sp³-hybridized carbons (Fsp3) is 0.545. The second-order valence-electron chi connectivity index (χ2n) is 4.30. The molecule has 1 saturated heterocycles. The van der Waals surface area contributed by atoms with Crippen molar-refractivity contribution in [1.82, 2.24) is 4.31 Å².